The molecule has 0 aliphatic rings. The van der Waals surface area contributed by atoms with Gasteiger partial charge in [0.1, 0.15) is 5.69 Å². The fourth-order valence-corrected chi connectivity index (χ4v) is 1.11. The number of primary amides is 1. The second-order valence-corrected chi connectivity index (χ2v) is 3.17. The van der Waals surface area contributed by atoms with Crippen LogP contribution in [0.3, 0.4) is 0 Å². The zero-order valence-corrected chi connectivity index (χ0v) is 8.58. The molecule has 0 unspecified atom stereocenters. The minimum atomic E-state index is -0.505. The van der Waals surface area contributed by atoms with Crippen LogP contribution in [0.4, 0.5) is 0 Å². The Morgan fingerprint density at radius 1 is 1.57 bits per heavy atom. The highest BCUT2D eigenvalue weighted by atomic mass is 32.1. The van der Waals surface area contributed by atoms with Gasteiger partial charge in [0.05, 0.1) is 5.69 Å². The quantitative estimate of drug-likeness (QED) is 0.737. The minimum absolute atomic E-state index is 0.290. The molecule has 0 bridgehead atoms. The molecule has 1 heterocycles. The summed E-state index contributed by atoms with van der Waals surface area (Å²) in [4.78, 5) is 14.9. The zero-order valence-electron chi connectivity index (χ0n) is 7.68. The number of thiol groups is 1. The topological polar surface area (TPSA) is 56.0 Å². The molecule has 0 aliphatic carbocycles. The van der Waals surface area contributed by atoms with Gasteiger partial charge >= 0.3 is 0 Å². The Hall–Kier alpha value is -1.29. The second kappa shape index (κ2) is 5.44. The van der Waals surface area contributed by atoms with Crippen molar-refractivity contribution in [2.24, 2.45) is 5.73 Å². The van der Waals surface area contributed by atoms with Crippen LogP contribution < -0.4 is 5.73 Å². The van der Waals surface area contributed by atoms with Gasteiger partial charge in [-0.1, -0.05) is 12.1 Å². The molecule has 0 radical (unpaired) electrons. The maximum atomic E-state index is 10.8. The number of carbonyl (C=O) groups is 1. The third kappa shape index (κ3) is 3.22. The van der Waals surface area contributed by atoms with Crippen LogP contribution in [-0.2, 0) is 0 Å². The van der Waals surface area contributed by atoms with Crippen LogP contribution in [0.1, 0.15) is 22.6 Å². The fraction of sp³-hybridized carbons (Fsp3) is 0.200. The monoisotopic (exact) mass is 208 g/mol. The van der Waals surface area contributed by atoms with Crippen molar-refractivity contribution < 1.29 is 4.79 Å². The number of pyridine rings is 1. The summed E-state index contributed by atoms with van der Waals surface area (Å²) in [6, 6.07) is 5.17. The number of nitrogens with zero attached hydrogens (tertiary/aromatic N) is 1. The molecule has 1 aromatic rings. The summed E-state index contributed by atoms with van der Waals surface area (Å²) in [6.45, 7) is 0. The molecule has 74 valence electrons. The fourth-order valence-electron chi connectivity index (χ4n) is 0.960. The Morgan fingerprint density at radius 2 is 2.36 bits per heavy atom. The number of aromatic nitrogens is 1. The highest BCUT2D eigenvalue weighted by Gasteiger charge is 2.00. The number of allylic oxidation sites excluding steroid dienone is 1. The molecule has 0 aromatic carbocycles. The van der Waals surface area contributed by atoms with Gasteiger partial charge in [-0.3, -0.25) is 4.79 Å². The van der Waals surface area contributed by atoms with E-state index in [0.29, 0.717) is 0 Å². The van der Waals surface area contributed by atoms with Crippen LogP contribution in [0.15, 0.2) is 24.3 Å². The first kappa shape index (κ1) is 10.8. The van der Waals surface area contributed by atoms with E-state index < -0.39 is 5.91 Å². The van der Waals surface area contributed by atoms with E-state index in [4.69, 9.17) is 5.73 Å². The molecule has 0 atom stereocenters. The van der Waals surface area contributed by atoms with Gasteiger partial charge in [-0.15, -0.1) is 0 Å². The van der Waals surface area contributed by atoms with Crippen molar-refractivity contribution in [3.8, 4) is 0 Å². The Morgan fingerprint density at radius 3 is 3.00 bits per heavy atom. The highest BCUT2D eigenvalue weighted by Crippen LogP contribution is 2.02. The Labute approximate surface area is 88.4 Å². The number of hydrogen-bond donors (Lipinski definition) is 2. The van der Waals surface area contributed by atoms with Crippen LogP contribution in [0.5, 0.6) is 0 Å². The molecule has 3 nitrogen and oxygen atoms in total. The van der Waals surface area contributed by atoms with Crippen LogP contribution in [-0.4, -0.2) is 16.6 Å². The van der Waals surface area contributed by atoms with Gasteiger partial charge in [0, 0.05) is 0 Å². The average Bonchev–Trinajstić information content (AvgIpc) is 2.19. The number of nitrogens with two attached hydrogens (primary N) is 1. The largest absolute Gasteiger partial charge is 0.364 e. The van der Waals surface area contributed by atoms with Crippen LogP contribution in [0.2, 0.25) is 0 Å². The molecule has 1 amide bonds. The standard InChI is InChI=1S/C10H12N2OS/c11-10(13)9-6-3-5-8(12-9)4-1-2-7-14/h1,3-6,14H,2,7H2,(H2,11,13). The van der Waals surface area contributed by atoms with Crippen LogP contribution in [0.25, 0.3) is 6.08 Å². The zero-order chi connectivity index (χ0) is 10.4. The van der Waals surface area contributed by atoms with Crippen LogP contribution >= 0.6 is 12.6 Å². The maximum absolute atomic E-state index is 10.8. The lowest BCUT2D eigenvalue weighted by molar-refractivity contribution is 0.0995. The van der Waals surface area contributed by atoms with Crippen LogP contribution in [0, 0.1) is 0 Å². The highest BCUT2D eigenvalue weighted by molar-refractivity contribution is 7.80. The van der Waals surface area contributed by atoms with E-state index in [1.165, 1.54) is 0 Å². The van der Waals surface area contributed by atoms with Crippen molar-refractivity contribution in [1.29, 1.82) is 0 Å². The summed E-state index contributed by atoms with van der Waals surface area (Å²) in [5.41, 5.74) is 6.13. The molecule has 1 rings (SSSR count). The molecule has 1 aromatic heterocycles. The SMILES string of the molecule is NC(=O)c1cccc(C=CCCS)n1. The van der Waals surface area contributed by atoms with Gasteiger partial charge in [0.25, 0.3) is 5.91 Å². The van der Waals surface area contributed by atoms with Gasteiger partial charge < -0.3 is 5.73 Å². The smallest absolute Gasteiger partial charge is 0.267 e. The first-order valence-electron chi connectivity index (χ1n) is 4.28. The minimum Gasteiger partial charge on any atom is -0.364 e. The van der Waals surface area contributed by atoms with E-state index >= 15 is 0 Å². The molecule has 14 heavy (non-hydrogen) atoms. The van der Waals surface area contributed by atoms with E-state index in [-0.39, 0.29) is 5.69 Å². The van der Waals surface area contributed by atoms with E-state index in [2.05, 4.69) is 17.6 Å². The third-order valence-corrected chi connectivity index (χ3v) is 1.87. The molecule has 4 heteroatoms. The molecule has 0 fully saturated rings. The van der Waals surface area contributed by atoms with Crippen molar-refractivity contribution in [2.45, 2.75) is 6.42 Å². The third-order valence-electron chi connectivity index (χ3n) is 1.61. The van der Waals surface area contributed by atoms with E-state index in [9.17, 15) is 4.79 Å². The lowest BCUT2D eigenvalue weighted by Crippen LogP contribution is -2.13. The summed E-state index contributed by atoms with van der Waals surface area (Å²) in [7, 11) is 0. The van der Waals surface area contributed by atoms with Gasteiger partial charge in [-0.05, 0) is 30.4 Å². The molecular formula is C10H12N2OS. The second-order valence-electron chi connectivity index (χ2n) is 2.73. The van der Waals surface area contributed by atoms with Crippen molar-refractivity contribution in [3.63, 3.8) is 0 Å². The lowest BCUT2D eigenvalue weighted by atomic mass is 10.2. The van der Waals surface area contributed by atoms with Gasteiger partial charge in [-0.25, -0.2) is 4.98 Å². The molecule has 0 saturated heterocycles. The average molecular weight is 208 g/mol. The van der Waals surface area contributed by atoms with Crippen molar-refractivity contribution in [1.82, 2.24) is 4.98 Å². The van der Waals surface area contributed by atoms with Gasteiger partial charge in [-0.2, -0.15) is 12.6 Å². The van der Waals surface area contributed by atoms with Gasteiger partial charge in [0.15, 0.2) is 0 Å². The summed E-state index contributed by atoms with van der Waals surface area (Å²) in [5.74, 6) is 0.292. The summed E-state index contributed by atoms with van der Waals surface area (Å²) < 4.78 is 0. The molecule has 0 spiro atoms. The van der Waals surface area contributed by atoms with E-state index in [1.807, 2.05) is 18.2 Å². The summed E-state index contributed by atoms with van der Waals surface area (Å²) in [6.07, 6.45) is 4.69. The molecule has 2 N–H and O–H groups in total. The molecule has 0 aliphatic heterocycles. The van der Waals surface area contributed by atoms with E-state index in [1.54, 1.807) is 12.1 Å². The first-order chi connectivity index (χ1) is 6.74. The lowest BCUT2D eigenvalue weighted by Gasteiger charge is -1.96. The number of hydrogen-bond acceptors (Lipinski definition) is 3. The Bertz CT molecular complexity index is 350. The summed E-state index contributed by atoms with van der Waals surface area (Å²) >= 11 is 4.07. The van der Waals surface area contributed by atoms with E-state index in [0.717, 1.165) is 17.9 Å². The molecular weight excluding hydrogens is 196 g/mol. The summed E-state index contributed by atoms with van der Waals surface area (Å²) in [5, 5.41) is 0. The van der Waals surface area contributed by atoms with Crippen molar-refractivity contribution >= 4 is 24.6 Å². The maximum Gasteiger partial charge on any atom is 0.267 e. The molecule has 0 saturated carbocycles. The normalized spacial score (nSPS) is 10.6. The van der Waals surface area contributed by atoms with Crippen molar-refractivity contribution in [2.75, 3.05) is 5.75 Å². The predicted octanol–water partition coefficient (Wildman–Crippen LogP) is 1.51. The number of amides is 1. The first-order valence-corrected chi connectivity index (χ1v) is 4.91. The predicted molar refractivity (Wildman–Crippen MR) is 60.3 cm³/mol. The number of carbonyl (C=O) groups excluding carboxylic acids is 1. The van der Waals surface area contributed by atoms with Gasteiger partial charge in [0.2, 0.25) is 0 Å². The van der Waals surface area contributed by atoms with Crippen molar-refractivity contribution in [3.05, 3.63) is 35.7 Å². The Balaban J connectivity index is 2.78. The number of rotatable bonds is 4. The Kier molecular flexibility index (Phi) is 4.19.